The van der Waals surface area contributed by atoms with Crippen LogP contribution in [0.4, 0.5) is 0 Å². The third-order valence-electron chi connectivity index (χ3n) is 4.71. The summed E-state index contributed by atoms with van der Waals surface area (Å²) < 4.78 is 0. The van der Waals surface area contributed by atoms with Gasteiger partial charge in [-0.05, 0) is 52.4 Å². The van der Waals surface area contributed by atoms with Crippen molar-refractivity contribution in [2.45, 2.75) is 26.2 Å². The molecular formula is C24H21ClO3. The molecule has 0 radical (unpaired) electrons. The van der Waals surface area contributed by atoms with Crippen LogP contribution < -0.4 is 0 Å². The number of halogens is 1. The quantitative estimate of drug-likeness (QED) is 0.567. The highest BCUT2D eigenvalue weighted by Crippen LogP contribution is 2.22. The topological polar surface area (TPSA) is 54.4 Å². The first-order valence-electron chi connectivity index (χ1n) is 9.18. The van der Waals surface area contributed by atoms with Crippen molar-refractivity contribution in [3.05, 3.63) is 94.0 Å². The molecule has 142 valence electrons. The summed E-state index contributed by atoms with van der Waals surface area (Å²) in [5, 5.41) is 9.73. The third-order valence-corrected chi connectivity index (χ3v) is 4.94. The molecule has 0 heterocycles. The molecule has 0 saturated heterocycles. The molecule has 0 aliphatic carbocycles. The predicted octanol–water partition coefficient (Wildman–Crippen LogP) is 5.62. The molecule has 1 N–H and O–H groups in total. The number of ketones is 1. The van der Waals surface area contributed by atoms with E-state index in [0.29, 0.717) is 10.6 Å². The summed E-state index contributed by atoms with van der Waals surface area (Å²) in [5.74, 6) is -1.11. The van der Waals surface area contributed by atoms with Crippen LogP contribution in [0.2, 0.25) is 5.02 Å². The number of benzene rings is 3. The van der Waals surface area contributed by atoms with Gasteiger partial charge in [-0.3, -0.25) is 4.79 Å². The lowest BCUT2D eigenvalue weighted by Crippen LogP contribution is -2.11. The van der Waals surface area contributed by atoms with Crippen molar-refractivity contribution >= 4 is 23.4 Å². The van der Waals surface area contributed by atoms with Gasteiger partial charge in [-0.1, -0.05) is 67.1 Å². The van der Waals surface area contributed by atoms with Crippen molar-refractivity contribution in [3.8, 4) is 11.1 Å². The summed E-state index contributed by atoms with van der Waals surface area (Å²) >= 11 is 5.97. The van der Waals surface area contributed by atoms with Crippen LogP contribution in [0.15, 0.2) is 66.7 Å². The number of Topliss-reactive ketones (excluding diaryl/α,β-unsaturated/α-hetero) is 1. The Hall–Kier alpha value is -2.91. The summed E-state index contributed by atoms with van der Waals surface area (Å²) in [6, 6.07) is 20.8. The van der Waals surface area contributed by atoms with Crippen molar-refractivity contribution in [1.82, 2.24) is 0 Å². The minimum atomic E-state index is -1.06. The van der Waals surface area contributed by atoms with E-state index in [9.17, 15) is 14.7 Å². The zero-order chi connectivity index (χ0) is 20.1. The molecule has 3 aromatic rings. The molecule has 0 aromatic heterocycles. The molecule has 3 aromatic carbocycles. The van der Waals surface area contributed by atoms with Crippen LogP contribution in [-0.2, 0) is 24.1 Å². The van der Waals surface area contributed by atoms with E-state index in [2.05, 4.69) is 31.2 Å². The van der Waals surface area contributed by atoms with Gasteiger partial charge >= 0.3 is 5.97 Å². The van der Waals surface area contributed by atoms with Gasteiger partial charge in [0, 0.05) is 17.9 Å². The largest absolute Gasteiger partial charge is 0.478 e. The molecule has 4 heteroatoms. The van der Waals surface area contributed by atoms with Gasteiger partial charge in [0.15, 0.2) is 0 Å². The standard InChI is InChI=1S/C24H21ClO3/c1-2-16-6-8-18(9-7-16)19-5-3-4-17(12-19)13-22(26)15-20-14-21(25)10-11-23(20)24(27)28/h3-12,14H,2,13,15H2,1H3,(H,27,28). The second-order valence-corrected chi connectivity index (χ2v) is 7.19. The summed E-state index contributed by atoms with van der Waals surface area (Å²) in [6.45, 7) is 2.12. The van der Waals surface area contributed by atoms with E-state index in [-0.39, 0.29) is 24.2 Å². The van der Waals surface area contributed by atoms with E-state index < -0.39 is 5.97 Å². The van der Waals surface area contributed by atoms with E-state index in [4.69, 9.17) is 11.6 Å². The van der Waals surface area contributed by atoms with E-state index in [1.54, 1.807) is 6.07 Å². The molecule has 0 aliphatic heterocycles. The van der Waals surface area contributed by atoms with E-state index in [1.165, 1.54) is 17.7 Å². The number of carboxylic acid groups (broad SMARTS) is 1. The SMILES string of the molecule is CCc1ccc(-c2cccc(CC(=O)Cc3cc(Cl)ccc3C(=O)O)c2)cc1. The first-order valence-corrected chi connectivity index (χ1v) is 9.55. The zero-order valence-electron chi connectivity index (χ0n) is 15.6. The van der Waals surface area contributed by atoms with Gasteiger partial charge in [-0.25, -0.2) is 4.79 Å². The van der Waals surface area contributed by atoms with Gasteiger partial charge in [0.2, 0.25) is 0 Å². The molecular weight excluding hydrogens is 372 g/mol. The Kier molecular flexibility index (Phi) is 6.27. The maximum atomic E-state index is 12.6. The second-order valence-electron chi connectivity index (χ2n) is 6.75. The van der Waals surface area contributed by atoms with Crippen LogP contribution in [0, 0.1) is 0 Å². The Labute approximate surface area is 169 Å². The Morgan fingerprint density at radius 1 is 0.857 bits per heavy atom. The summed E-state index contributed by atoms with van der Waals surface area (Å²) in [6.07, 6.45) is 1.28. The molecule has 0 bridgehead atoms. The van der Waals surface area contributed by atoms with Gasteiger partial charge in [-0.15, -0.1) is 0 Å². The minimum Gasteiger partial charge on any atom is -0.478 e. The maximum Gasteiger partial charge on any atom is 0.335 e. The highest BCUT2D eigenvalue weighted by atomic mass is 35.5. The molecule has 3 rings (SSSR count). The molecule has 0 aliphatic rings. The van der Waals surface area contributed by atoms with Gasteiger partial charge in [0.05, 0.1) is 5.56 Å². The number of carbonyl (C=O) groups excluding carboxylic acids is 1. The van der Waals surface area contributed by atoms with Crippen LogP contribution in [0.3, 0.4) is 0 Å². The van der Waals surface area contributed by atoms with Crippen molar-refractivity contribution in [1.29, 1.82) is 0 Å². The molecule has 0 fully saturated rings. The fourth-order valence-electron chi connectivity index (χ4n) is 3.21. The summed E-state index contributed by atoms with van der Waals surface area (Å²) in [5.41, 5.74) is 4.90. The third kappa shape index (κ3) is 4.87. The fourth-order valence-corrected chi connectivity index (χ4v) is 3.41. The number of hydrogen-bond acceptors (Lipinski definition) is 2. The zero-order valence-corrected chi connectivity index (χ0v) is 16.4. The Bertz CT molecular complexity index is 1010. The van der Waals surface area contributed by atoms with Crippen molar-refractivity contribution in [2.75, 3.05) is 0 Å². The van der Waals surface area contributed by atoms with Crippen molar-refractivity contribution in [3.63, 3.8) is 0 Å². The first kappa shape index (κ1) is 19.8. The average Bonchev–Trinajstić information content (AvgIpc) is 2.68. The normalized spacial score (nSPS) is 10.6. The van der Waals surface area contributed by atoms with Crippen LogP contribution in [0.25, 0.3) is 11.1 Å². The number of carboxylic acids is 1. The fraction of sp³-hybridized carbons (Fsp3) is 0.167. The predicted molar refractivity (Wildman–Crippen MR) is 112 cm³/mol. The molecule has 0 atom stereocenters. The molecule has 0 unspecified atom stereocenters. The monoisotopic (exact) mass is 392 g/mol. The number of hydrogen-bond donors (Lipinski definition) is 1. The molecule has 0 saturated carbocycles. The van der Waals surface area contributed by atoms with E-state index >= 15 is 0 Å². The first-order chi connectivity index (χ1) is 13.5. The number of rotatable bonds is 7. The Balaban J connectivity index is 1.76. The van der Waals surface area contributed by atoms with Crippen LogP contribution in [0.1, 0.15) is 34.0 Å². The minimum absolute atomic E-state index is 0.0393. The highest BCUT2D eigenvalue weighted by Gasteiger charge is 2.14. The lowest BCUT2D eigenvalue weighted by Gasteiger charge is -2.08. The average molecular weight is 393 g/mol. The summed E-state index contributed by atoms with van der Waals surface area (Å²) in [4.78, 5) is 23.9. The number of aromatic carboxylic acids is 1. The van der Waals surface area contributed by atoms with Gasteiger partial charge in [-0.2, -0.15) is 0 Å². The Morgan fingerprint density at radius 3 is 2.29 bits per heavy atom. The van der Waals surface area contributed by atoms with E-state index in [0.717, 1.165) is 23.1 Å². The lowest BCUT2D eigenvalue weighted by molar-refractivity contribution is -0.117. The number of carbonyl (C=O) groups is 2. The molecule has 0 spiro atoms. The van der Waals surface area contributed by atoms with Gasteiger partial charge in [0.25, 0.3) is 0 Å². The molecule has 0 amide bonds. The van der Waals surface area contributed by atoms with Crippen molar-refractivity contribution in [2.24, 2.45) is 0 Å². The smallest absolute Gasteiger partial charge is 0.335 e. The number of aryl methyl sites for hydroxylation is 1. The summed E-state index contributed by atoms with van der Waals surface area (Å²) in [7, 11) is 0. The van der Waals surface area contributed by atoms with Gasteiger partial charge in [0.1, 0.15) is 5.78 Å². The lowest BCUT2D eigenvalue weighted by atomic mass is 9.96. The van der Waals surface area contributed by atoms with Crippen LogP contribution >= 0.6 is 11.6 Å². The Morgan fingerprint density at radius 2 is 1.61 bits per heavy atom. The van der Waals surface area contributed by atoms with E-state index in [1.807, 2.05) is 24.3 Å². The van der Waals surface area contributed by atoms with Gasteiger partial charge < -0.3 is 5.11 Å². The molecule has 28 heavy (non-hydrogen) atoms. The van der Waals surface area contributed by atoms with Crippen molar-refractivity contribution < 1.29 is 14.7 Å². The second kappa shape index (κ2) is 8.85. The van der Waals surface area contributed by atoms with Crippen LogP contribution in [0.5, 0.6) is 0 Å². The molecule has 3 nitrogen and oxygen atoms in total. The maximum absolute atomic E-state index is 12.6. The highest BCUT2D eigenvalue weighted by molar-refractivity contribution is 6.30. The van der Waals surface area contributed by atoms with Crippen LogP contribution in [-0.4, -0.2) is 16.9 Å².